The van der Waals surface area contributed by atoms with Gasteiger partial charge in [0.25, 0.3) is 0 Å². The zero-order valence-electron chi connectivity index (χ0n) is 10.7. The SMILES string of the molecule is CCC1CN(c2ccc([C@@H](C)N)cc2)CCS1. The summed E-state index contributed by atoms with van der Waals surface area (Å²) in [6.45, 7) is 6.65. The van der Waals surface area contributed by atoms with Crippen molar-refractivity contribution in [1.29, 1.82) is 0 Å². The Morgan fingerprint density at radius 1 is 1.41 bits per heavy atom. The fraction of sp³-hybridized carbons (Fsp3) is 0.571. The third kappa shape index (κ3) is 3.17. The highest BCUT2D eigenvalue weighted by Gasteiger charge is 2.18. The Hall–Kier alpha value is -0.670. The number of thioether (sulfide) groups is 1. The maximum atomic E-state index is 5.87. The summed E-state index contributed by atoms with van der Waals surface area (Å²) >= 11 is 2.11. The van der Waals surface area contributed by atoms with Crippen LogP contribution < -0.4 is 10.6 Å². The molecule has 1 unspecified atom stereocenters. The molecule has 1 aliphatic rings. The molecule has 0 spiro atoms. The average Bonchev–Trinajstić information content (AvgIpc) is 2.39. The van der Waals surface area contributed by atoms with Crippen molar-refractivity contribution in [1.82, 2.24) is 0 Å². The fourth-order valence-electron chi connectivity index (χ4n) is 2.19. The van der Waals surface area contributed by atoms with Crippen LogP contribution in [0.5, 0.6) is 0 Å². The molecule has 0 saturated carbocycles. The van der Waals surface area contributed by atoms with E-state index in [4.69, 9.17) is 5.73 Å². The highest BCUT2D eigenvalue weighted by atomic mass is 32.2. The van der Waals surface area contributed by atoms with E-state index in [9.17, 15) is 0 Å². The molecular formula is C14H22N2S. The Balaban J connectivity index is 2.06. The van der Waals surface area contributed by atoms with E-state index in [1.807, 2.05) is 6.92 Å². The third-order valence-electron chi connectivity index (χ3n) is 3.38. The number of hydrogen-bond donors (Lipinski definition) is 1. The molecule has 0 bridgehead atoms. The van der Waals surface area contributed by atoms with Crippen molar-refractivity contribution in [2.45, 2.75) is 31.6 Å². The van der Waals surface area contributed by atoms with Gasteiger partial charge in [0, 0.05) is 35.8 Å². The molecule has 0 aromatic heterocycles. The van der Waals surface area contributed by atoms with Gasteiger partial charge in [-0.25, -0.2) is 0 Å². The lowest BCUT2D eigenvalue weighted by molar-refractivity contribution is 0.727. The molecule has 2 nitrogen and oxygen atoms in total. The van der Waals surface area contributed by atoms with Crippen molar-refractivity contribution < 1.29 is 0 Å². The molecule has 0 radical (unpaired) electrons. The highest BCUT2D eigenvalue weighted by molar-refractivity contribution is 8.00. The first kappa shape index (κ1) is 12.8. The lowest BCUT2D eigenvalue weighted by atomic mass is 10.1. The zero-order chi connectivity index (χ0) is 12.3. The first-order chi connectivity index (χ1) is 8.20. The Morgan fingerprint density at radius 2 is 2.12 bits per heavy atom. The van der Waals surface area contributed by atoms with E-state index in [0.717, 1.165) is 5.25 Å². The maximum Gasteiger partial charge on any atom is 0.0367 e. The number of nitrogens with two attached hydrogens (primary N) is 1. The van der Waals surface area contributed by atoms with Gasteiger partial charge in [-0.2, -0.15) is 11.8 Å². The van der Waals surface area contributed by atoms with Crippen LogP contribution in [-0.4, -0.2) is 24.1 Å². The molecule has 94 valence electrons. The Morgan fingerprint density at radius 3 is 2.71 bits per heavy atom. The van der Waals surface area contributed by atoms with Gasteiger partial charge in [-0.1, -0.05) is 19.1 Å². The van der Waals surface area contributed by atoms with E-state index >= 15 is 0 Å². The summed E-state index contributed by atoms with van der Waals surface area (Å²) in [4.78, 5) is 2.50. The van der Waals surface area contributed by atoms with Crippen LogP contribution in [0.3, 0.4) is 0 Å². The molecule has 1 fully saturated rings. The molecule has 0 aliphatic carbocycles. The minimum atomic E-state index is 0.129. The smallest absolute Gasteiger partial charge is 0.0367 e. The van der Waals surface area contributed by atoms with Crippen molar-refractivity contribution in [3.63, 3.8) is 0 Å². The van der Waals surface area contributed by atoms with Crippen molar-refractivity contribution in [3.05, 3.63) is 29.8 Å². The van der Waals surface area contributed by atoms with E-state index in [2.05, 4.69) is 47.9 Å². The lowest BCUT2D eigenvalue weighted by Gasteiger charge is -2.33. The molecule has 2 rings (SSSR count). The monoisotopic (exact) mass is 250 g/mol. The maximum absolute atomic E-state index is 5.87. The van der Waals surface area contributed by atoms with Crippen LogP contribution in [0, 0.1) is 0 Å². The fourth-order valence-corrected chi connectivity index (χ4v) is 3.37. The van der Waals surface area contributed by atoms with Gasteiger partial charge in [-0.3, -0.25) is 0 Å². The Bertz CT molecular complexity index is 348. The normalized spacial score (nSPS) is 22.5. The van der Waals surface area contributed by atoms with Crippen LogP contribution >= 0.6 is 11.8 Å². The number of rotatable bonds is 3. The van der Waals surface area contributed by atoms with Crippen molar-refractivity contribution in [2.24, 2.45) is 5.73 Å². The summed E-state index contributed by atoms with van der Waals surface area (Å²) in [5, 5.41) is 0.789. The van der Waals surface area contributed by atoms with E-state index in [-0.39, 0.29) is 6.04 Å². The van der Waals surface area contributed by atoms with Crippen LogP contribution in [0.25, 0.3) is 0 Å². The molecule has 1 saturated heterocycles. The predicted octanol–water partition coefficient (Wildman–Crippen LogP) is 3.04. The van der Waals surface area contributed by atoms with Gasteiger partial charge in [0.05, 0.1) is 0 Å². The highest BCUT2D eigenvalue weighted by Crippen LogP contribution is 2.26. The van der Waals surface area contributed by atoms with Crippen LogP contribution in [0.1, 0.15) is 31.9 Å². The second-order valence-corrected chi connectivity index (χ2v) is 6.14. The minimum absolute atomic E-state index is 0.129. The van der Waals surface area contributed by atoms with Gasteiger partial charge >= 0.3 is 0 Å². The van der Waals surface area contributed by atoms with Crippen molar-refractivity contribution >= 4 is 17.4 Å². The van der Waals surface area contributed by atoms with E-state index in [1.54, 1.807) is 0 Å². The van der Waals surface area contributed by atoms with Crippen molar-refractivity contribution in [2.75, 3.05) is 23.7 Å². The standard InChI is InChI=1S/C14H22N2S/c1-3-14-10-16(8-9-17-14)13-6-4-12(5-7-13)11(2)15/h4-7,11,14H,3,8-10,15H2,1-2H3/t11-,14?/m1/s1. The lowest BCUT2D eigenvalue weighted by Crippen LogP contribution is -2.37. The van der Waals surface area contributed by atoms with Gasteiger partial charge in [0.1, 0.15) is 0 Å². The van der Waals surface area contributed by atoms with Gasteiger partial charge < -0.3 is 10.6 Å². The summed E-state index contributed by atoms with van der Waals surface area (Å²) in [7, 11) is 0. The molecule has 2 atom stereocenters. The molecule has 1 aromatic carbocycles. The average molecular weight is 250 g/mol. The number of benzene rings is 1. The quantitative estimate of drug-likeness (QED) is 0.894. The zero-order valence-corrected chi connectivity index (χ0v) is 11.5. The van der Waals surface area contributed by atoms with Crippen LogP contribution in [0.15, 0.2) is 24.3 Å². The van der Waals surface area contributed by atoms with Crippen molar-refractivity contribution in [3.8, 4) is 0 Å². The molecule has 1 aliphatic heterocycles. The summed E-state index contributed by atoms with van der Waals surface area (Å²) in [6, 6.07) is 8.86. The van der Waals surface area contributed by atoms with Gasteiger partial charge in [0.2, 0.25) is 0 Å². The summed E-state index contributed by atoms with van der Waals surface area (Å²) in [5.41, 5.74) is 8.42. The first-order valence-corrected chi connectivity index (χ1v) is 7.47. The third-order valence-corrected chi connectivity index (χ3v) is 4.75. The number of hydrogen-bond acceptors (Lipinski definition) is 3. The Kier molecular flexibility index (Phi) is 4.35. The van der Waals surface area contributed by atoms with E-state index in [1.165, 1.54) is 36.5 Å². The largest absolute Gasteiger partial charge is 0.370 e. The number of nitrogens with zero attached hydrogens (tertiary/aromatic N) is 1. The van der Waals surface area contributed by atoms with Crippen LogP contribution in [-0.2, 0) is 0 Å². The summed E-state index contributed by atoms with van der Waals surface area (Å²) < 4.78 is 0. The number of anilines is 1. The van der Waals surface area contributed by atoms with Gasteiger partial charge in [0.15, 0.2) is 0 Å². The van der Waals surface area contributed by atoms with Gasteiger partial charge in [-0.05, 0) is 31.0 Å². The second-order valence-electron chi connectivity index (χ2n) is 4.73. The van der Waals surface area contributed by atoms with Crippen LogP contribution in [0.4, 0.5) is 5.69 Å². The van der Waals surface area contributed by atoms with Crippen LogP contribution in [0.2, 0.25) is 0 Å². The molecule has 3 heteroatoms. The Labute approximate surface area is 109 Å². The summed E-state index contributed by atoms with van der Waals surface area (Å²) in [6.07, 6.45) is 1.26. The molecule has 1 heterocycles. The molecule has 1 aromatic rings. The van der Waals surface area contributed by atoms with E-state index < -0.39 is 0 Å². The molecule has 17 heavy (non-hydrogen) atoms. The molecule has 2 N–H and O–H groups in total. The first-order valence-electron chi connectivity index (χ1n) is 6.42. The predicted molar refractivity (Wildman–Crippen MR) is 77.8 cm³/mol. The topological polar surface area (TPSA) is 29.3 Å². The van der Waals surface area contributed by atoms with Gasteiger partial charge in [-0.15, -0.1) is 0 Å². The van der Waals surface area contributed by atoms with E-state index in [0.29, 0.717) is 0 Å². The molecular weight excluding hydrogens is 228 g/mol. The minimum Gasteiger partial charge on any atom is -0.370 e. The molecule has 0 amide bonds. The second kappa shape index (κ2) is 5.78. The summed E-state index contributed by atoms with van der Waals surface area (Å²) in [5.74, 6) is 1.24.